The number of aliphatic hydroxyl groups excluding tert-OH is 2. The van der Waals surface area contributed by atoms with Gasteiger partial charge < -0.3 is 14.9 Å². The molecule has 2 atom stereocenters. The molecule has 0 radical (unpaired) electrons. The molecule has 8 heteroatoms. The first-order chi connectivity index (χ1) is 11.6. The molecule has 2 aliphatic heterocycles. The van der Waals surface area contributed by atoms with Crippen molar-refractivity contribution in [3.8, 4) is 0 Å². The van der Waals surface area contributed by atoms with Gasteiger partial charge >= 0.3 is 0 Å². The van der Waals surface area contributed by atoms with Gasteiger partial charge in [-0.1, -0.05) is 0 Å². The molecule has 1 spiro atoms. The lowest BCUT2D eigenvalue weighted by Crippen LogP contribution is -2.59. The highest BCUT2D eigenvalue weighted by molar-refractivity contribution is 7.15. The second-order valence-electron chi connectivity index (χ2n) is 6.63. The fourth-order valence-electron chi connectivity index (χ4n) is 3.70. The summed E-state index contributed by atoms with van der Waals surface area (Å²) >= 11 is 1.45. The van der Waals surface area contributed by atoms with E-state index in [-0.39, 0.29) is 5.56 Å². The number of thiazole rings is 1. The monoisotopic (exact) mass is 351 g/mol. The van der Waals surface area contributed by atoms with E-state index in [1.54, 1.807) is 16.7 Å². The molecule has 0 aliphatic carbocycles. The van der Waals surface area contributed by atoms with E-state index in [1.165, 1.54) is 11.3 Å². The normalized spacial score (nSPS) is 27.8. The van der Waals surface area contributed by atoms with Gasteiger partial charge in [0.2, 0.25) is 0 Å². The van der Waals surface area contributed by atoms with Crippen LogP contribution in [0.2, 0.25) is 0 Å². The van der Waals surface area contributed by atoms with Crippen LogP contribution in [0.15, 0.2) is 22.4 Å². The van der Waals surface area contributed by atoms with Crippen LogP contribution in [0.3, 0.4) is 0 Å². The summed E-state index contributed by atoms with van der Waals surface area (Å²) in [6.45, 7) is 2.59. The highest BCUT2D eigenvalue weighted by Gasteiger charge is 2.47. The van der Waals surface area contributed by atoms with Crippen LogP contribution >= 0.6 is 11.3 Å². The van der Waals surface area contributed by atoms with Crippen molar-refractivity contribution in [1.82, 2.24) is 14.3 Å². The average Bonchev–Trinajstić information content (AvgIpc) is 3.04. The molecule has 2 aromatic heterocycles. The molecule has 0 aromatic carbocycles. The predicted molar refractivity (Wildman–Crippen MR) is 89.2 cm³/mol. The molecule has 130 valence electrons. The first kappa shape index (κ1) is 16.2. The number of likely N-dealkylation sites (tertiary alicyclic amines) is 1. The van der Waals surface area contributed by atoms with Gasteiger partial charge in [-0.25, -0.2) is 4.98 Å². The number of aliphatic hydroxyl groups is 2. The summed E-state index contributed by atoms with van der Waals surface area (Å²) in [5.41, 5.74) is 0.0844. The Kier molecular flexibility index (Phi) is 4.17. The Bertz CT molecular complexity index is 781. The Labute approximate surface area is 143 Å². The number of nitrogens with zero attached hydrogens (tertiary/aromatic N) is 3. The largest absolute Gasteiger partial charge is 0.390 e. The van der Waals surface area contributed by atoms with Crippen molar-refractivity contribution in [1.29, 1.82) is 0 Å². The van der Waals surface area contributed by atoms with Crippen LogP contribution in [0.1, 0.15) is 25.0 Å². The zero-order valence-corrected chi connectivity index (χ0v) is 14.1. The predicted octanol–water partition coefficient (Wildman–Crippen LogP) is 0.233. The third-order valence-corrected chi connectivity index (χ3v) is 5.91. The lowest BCUT2D eigenvalue weighted by molar-refractivity contribution is -0.214. The molecule has 2 saturated heterocycles. The third kappa shape index (κ3) is 2.78. The van der Waals surface area contributed by atoms with Crippen molar-refractivity contribution in [3.63, 3.8) is 0 Å². The van der Waals surface area contributed by atoms with E-state index in [0.717, 1.165) is 18.8 Å². The van der Waals surface area contributed by atoms with Gasteiger partial charge in [0, 0.05) is 37.3 Å². The molecule has 0 bridgehead atoms. The number of fused-ring (bicyclic) bond motifs is 1. The van der Waals surface area contributed by atoms with E-state index in [9.17, 15) is 15.0 Å². The molecule has 24 heavy (non-hydrogen) atoms. The lowest BCUT2D eigenvalue weighted by atomic mass is 9.80. The van der Waals surface area contributed by atoms with Gasteiger partial charge in [0.15, 0.2) is 4.96 Å². The highest BCUT2D eigenvalue weighted by Crippen LogP contribution is 2.35. The molecule has 2 aromatic rings. The van der Waals surface area contributed by atoms with E-state index < -0.39 is 17.8 Å². The van der Waals surface area contributed by atoms with Crippen LogP contribution in [0.4, 0.5) is 0 Å². The summed E-state index contributed by atoms with van der Waals surface area (Å²) in [5, 5.41) is 22.1. The summed E-state index contributed by atoms with van der Waals surface area (Å²) in [4.78, 5) is 19.5. The number of hydrogen-bond acceptors (Lipinski definition) is 7. The molecule has 2 aliphatic rings. The van der Waals surface area contributed by atoms with Gasteiger partial charge in [0.1, 0.15) is 6.10 Å². The summed E-state index contributed by atoms with van der Waals surface area (Å²) in [6.07, 6.45) is 2.04. The number of hydrogen-bond donors (Lipinski definition) is 2. The lowest BCUT2D eigenvalue weighted by Gasteiger charge is -2.48. The topological polar surface area (TPSA) is 87.3 Å². The quantitative estimate of drug-likeness (QED) is 0.806. The van der Waals surface area contributed by atoms with Crippen LogP contribution in [0.25, 0.3) is 4.96 Å². The minimum Gasteiger partial charge on any atom is -0.390 e. The molecule has 0 unspecified atom stereocenters. The SMILES string of the molecule is O=c1cc(CN2CCC3(CC2)OCC[C@H](O)[C@@H]3O)nc2sccn12. The minimum atomic E-state index is -0.821. The van der Waals surface area contributed by atoms with Crippen LogP contribution in [0.5, 0.6) is 0 Å². The van der Waals surface area contributed by atoms with E-state index >= 15 is 0 Å². The summed E-state index contributed by atoms with van der Waals surface area (Å²) in [6, 6.07) is 1.58. The molecule has 4 rings (SSSR count). The van der Waals surface area contributed by atoms with Crippen LogP contribution < -0.4 is 5.56 Å². The molecule has 0 saturated carbocycles. The smallest absolute Gasteiger partial charge is 0.258 e. The van der Waals surface area contributed by atoms with Crippen LogP contribution in [0, 0.1) is 0 Å². The standard InChI is InChI=1S/C16H21N3O4S/c20-12-1-7-23-16(14(12)22)2-4-18(5-3-16)10-11-9-13(21)19-6-8-24-15(19)17-11/h6,8-9,12,14,20,22H,1-5,7,10H2/t12-,14-/m0/s1. The Morgan fingerprint density at radius 1 is 1.38 bits per heavy atom. The van der Waals surface area contributed by atoms with E-state index in [4.69, 9.17) is 4.74 Å². The highest BCUT2D eigenvalue weighted by atomic mass is 32.1. The maximum Gasteiger partial charge on any atom is 0.258 e. The zero-order valence-electron chi connectivity index (χ0n) is 13.3. The van der Waals surface area contributed by atoms with Crippen molar-refractivity contribution >= 4 is 16.3 Å². The van der Waals surface area contributed by atoms with Gasteiger partial charge in [0.05, 0.1) is 24.0 Å². The second kappa shape index (κ2) is 6.20. The Morgan fingerprint density at radius 2 is 2.17 bits per heavy atom. The van der Waals surface area contributed by atoms with Gasteiger partial charge in [-0.3, -0.25) is 14.1 Å². The Hall–Kier alpha value is -1.32. The van der Waals surface area contributed by atoms with Crippen LogP contribution in [-0.2, 0) is 11.3 Å². The number of piperidine rings is 1. The maximum absolute atomic E-state index is 12.1. The Morgan fingerprint density at radius 3 is 2.96 bits per heavy atom. The first-order valence-electron chi connectivity index (χ1n) is 8.26. The molecule has 4 heterocycles. The number of aromatic nitrogens is 2. The third-order valence-electron chi connectivity index (χ3n) is 5.15. The zero-order chi connectivity index (χ0) is 16.7. The number of rotatable bonds is 2. The molecule has 2 N–H and O–H groups in total. The number of ether oxygens (including phenoxy) is 1. The maximum atomic E-state index is 12.1. The molecule has 0 amide bonds. The van der Waals surface area contributed by atoms with E-state index in [1.807, 2.05) is 5.38 Å². The molecule has 7 nitrogen and oxygen atoms in total. The summed E-state index contributed by atoms with van der Waals surface area (Å²) in [5.74, 6) is 0. The first-order valence-corrected chi connectivity index (χ1v) is 9.14. The molecule has 2 fully saturated rings. The Balaban J connectivity index is 1.45. The van der Waals surface area contributed by atoms with Gasteiger partial charge in [-0.15, -0.1) is 11.3 Å². The van der Waals surface area contributed by atoms with Crippen molar-refractivity contribution < 1.29 is 14.9 Å². The molecular formula is C16H21N3O4S. The fraction of sp³-hybridized carbons (Fsp3) is 0.625. The second-order valence-corrected chi connectivity index (χ2v) is 7.50. The molecular weight excluding hydrogens is 330 g/mol. The summed E-state index contributed by atoms with van der Waals surface area (Å²) in [7, 11) is 0. The van der Waals surface area contributed by atoms with Gasteiger partial charge in [-0.2, -0.15) is 0 Å². The average molecular weight is 351 g/mol. The van der Waals surface area contributed by atoms with Gasteiger partial charge in [-0.05, 0) is 19.3 Å². The van der Waals surface area contributed by atoms with Crippen molar-refractivity contribution in [2.45, 2.75) is 43.6 Å². The van der Waals surface area contributed by atoms with Crippen LogP contribution in [-0.4, -0.2) is 62.0 Å². The van der Waals surface area contributed by atoms with Crippen molar-refractivity contribution in [2.75, 3.05) is 19.7 Å². The fourth-order valence-corrected chi connectivity index (χ4v) is 4.44. The summed E-state index contributed by atoms with van der Waals surface area (Å²) < 4.78 is 7.40. The van der Waals surface area contributed by atoms with Crippen molar-refractivity contribution in [2.24, 2.45) is 0 Å². The van der Waals surface area contributed by atoms with Crippen molar-refractivity contribution in [3.05, 3.63) is 33.7 Å². The van der Waals surface area contributed by atoms with Gasteiger partial charge in [0.25, 0.3) is 5.56 Å². The minimum absolute atomic E-state index is 0.0566. The van der Waals surface area contributed by atoms with E-state index in [2.05, 4.69) is 9.88 Å². The van der Waals surface area contributed by atoms with E-state index in [0.29, 0.717) is 37.4 Å².